The third kappa shape index (κ3) is 4.26. The smallest absolute Gasteiger partial charge is 0.165 e. The second-order valence-corrected chi connectivity index (χ2v) is 8.12. The van der Waals surface area contributed by atoms with Gasteiger partial charge in [0.05, 0.1) is 25.2 Å². The van der Waals surface area contributed by atoms with Gasteiger partial charge in [-0.3, -0.25) is 4.57 Å². The first kappa shape index (κ1) is 21.7. The van der Waals surface area contributed by atoms with E-state index < -0.39 is 24.5 Å². The van der Waals surface area contributed by atoms with Crippen LogP contribution < -0.4 is 0 Å². The summed E-state index contributed by atoms with van der Waals surface area (Å²) in [5.74, 6) is 0. The second-order valence-electron chi connectivity index (χ2n) is 8.12. The molecule has 0 aliphatic carbocycles. The molecule has 0 radical (unpaired) electrons. The molecule has 0 saturated carbocycles. The predicted octanol–water partition coefficient (Wildman–Crippen LogP) is 2.89. The fourth-order valence-corrected chi connectivity index (χ4v) is 4.16. The minimum Gasteiger partial charge on any atom is -0.387 e. The van der Waals surface area contributed by atoms with Gasteiger partial charge in [-0.15, -0.1) is 0 Å². The molecular weight excluding hydrogens is 420 g/mol. The van der Waals surface area contributed by atoms with Gasteiger partial charge >= 0.3 is 0 Å². The fourth-order valence-electron chi connectivity index (χ4n) is 4.16. The van der Waals surface area contributed by atoms with E-state index in [0.717, 1.165) is 28.8 Å². The summed E-state index contributed by atoms with van der Waals surface area (Å²) >= 11 is 0. The highest BCUT2D eigenvalue weighted by molar-refractivity contribution is 5.73. The molecule has 170 valence electrons. The molecule has 2 aromatic carbocycles. The number of nitrogens with zero attached hydrogens (tertiary/aromatic N) is 4. The van der Waals surface area contributed by atoms with Crippen LogP contribution >= 0.6 is 0 Å². The monoisotopic (exact) mass is 446 g/mol. The van der Waals surface area contributed by atoms with E-state index in [0.29, 0.717) is 17.8 Å². The number of ether oxygens (including phenoxy) is 2. The molecule has 2 aromatic heterocycles. The minimum atomic E-state index is -1.12. The lowest BCUT2D eigenvalue weighted by Crippen LogP contribution is -2.33. The third-order valence-electron chi connectivity index (χ3n) is 5.99. The number of rotatable bonds is 7. The molecule has 2 N–H and O–H groups in total. The number of hydrogen-bond acceptors (Lipinski definition) is 7. The third-order valence-corrected chi connectivity index (χ3v) is 5.99. The number of fused-ring (bicyclic) bond motifs is 1. The lowest BCUT2D eigenvalue weighted by atomic mass is 10.0. The van der Waals surface area contributed by atoms with Crippen LogP contribution in [0.25, 0.3) is 22.3 Å². The highest BCUT2D eigenvalue weighted by Gasteiger charge is 2.44. The van der Waals surface area contributed by atoms with Crippen LogP contribution in [0.4, 0.5) is 0 Å². The van der Waals surface area contributed by atoms with E-state index in [-0.39, 0.29) is 6.61 Å². The van der Waals surface area contributed by atoms with Crippen LogP contribution in [0.1, 0.15) is 24.4 Å². The Balaban J connectivity index is 1.22. The standard InChI is InChI=1S/C25H26N4O4/c1-2-19-21-24(27-14-26-19)29(15-28-21)25-23(31)22(30)20(33-25)13-32-12-16-8-10-18(11-9-16)17-6-4-3-5-7-17/h3-11,14-15,20,22-23,25,30-31H,2,12-13H2,1H3/t20-,22-,23-,25-/m1/s1. The molecule has 0 amide bonds. The van der Waals surface area contributed by atoms with Gasteiger partial charge in [-0.1, -0.05) is 61.5 Å². The molecule has 1 aliphatic heterocycles. The van der Waals surface area contributed by atoms with Crippen LogP contribution in [0.3, 0.4) is 0 Å². The summed E-state index contributed by atoms with van der Waals surface area (Å²) in [7, 11) is 0. The van der Waals surface area contributed by atoms with Gasteiger partial charge in [0.2, 0.25) is 0 Å². The predicted molar refractivity (Wildman–Crippen MR) is 122 cm³/mol. The van der Waals surface area contributed by atoms with Crippen molar-refractivity contribution in [3.05, 3.63) is 78.5 Å². The van der Waals surface area contributed by atoms with Gasteiger partial charge in [0.15, 0.2) is 11.9 Å². The molecule has 3 heterocycles. The Morgan fingerprint density at radius 1 is 0.939 bits per heavy atom. The van der Waals surface area contributed by atoms with E-state index in [4.69, 9.17) is 9.47 Å². The number of benzene rings is 2. The molecule has 8 nitrogen and oxygen atoms in total. The largest absolute Gasteiger partial charge is 0.387 e. The average molecular weight is 447 g/mol. The zero-order valence-corrected chi connectivity index (χ0v) is 18.3. The quantitative estimate of drug-likeness (QED) is 0.450. The molecule has 4 atom stereocenters. The van der Waals surface area contributed by atoms with Crippen LogP contribution in [-0.4, -0.2) is 54.7 Å². The number of hydrogen-bond donors (Lipinski definition) is 2. The van der Waals surface area contributed by atoms with Crippen molar-refractivity contribution in [2.75, 3.05) is 6.61 Å². The first-order valence-electron chi connectivity index (χ1n) is 11.1. The summed E-state index contributed by atoms with van der Waals surface area (Å²) < 4.78 is 13.4. The minimum absolute atomic E-state index is 0.150. The fraction of sp³-hybridized carbons (Fsp3) is 0.320. The van der Waals surface area contributed by atoms with Crippen molar-refractivity contribution in [3.8, 4) is 11.1 Å². The van der Waals surface area contributed by atoms with Gasteiger partial charge < -0.3 is 19.7 Å². The van der Waals surface area contributed by atoms with Gasteiger partial charge in [-0.25, -0.2) is 15.0 Å². The number of imidazole rings is 1. The summed E-state index contributed by atoms with van der Waals surface area (Å²) in [6.45, 7) is 2.52. The molecule has 1 fully saturated rings. The number of aryl methyl sites for hydroxylation is 1. The van der Waals surface area contributed by atoms with Crippen LogP contribution in [0.2, 0.25) is 0 Å². The van der Waals surface area contributed by atoms with Crippen molar-refractivity contribution in [1.82, 2.24) is 19.5 Å². The molecule has 8 heteroatoms. The maximum atomic E-state index is 10.6. The van der Waals surface area contributed by atoms with Crippen LogP contribution in [0, 0.1) is 0 Å². The number of aliphatic hydroxyl groups is 2. The van der Waals surface area contributed by atoms with Gasteiger partial charge in [-0.2, -0.15) is 0 Å². The van der Waals surface area contributed by atoms with Gasteiger partial charge in [0.1, 0.15) is 30.2 Å². The number of aliphatic hydroxyl groups excluding tert-OH is 2. The Morgan fingerprint density at radius 2 is 1.70 bits per heavy atom. The van der Waals surface area contributed by atoms with Crippen molar-refractivity contribution in [2.24, 2.45) is 0 Å². The summed E-state index contributed by atoms with van der Waals surface area (Å²) in [5.41, 5.74) is 5.38. The van der Waals surface area contributed by atoms with E-state index in [2.05, 4.69) is 39.2 Å². The maximum Gasteiger partial charge on any atom is 0.165 e. The number of aromatic nitrogens is 4. The normalized spacial score (nSPS) is 22.8. The molecule has 4 aromatic rings. The van der Waals surface area contributed by atoms with Gasteiger partial charge in [0.25, 0.3) is 0 Å². The van der Waals surface area contributed by atoms with Crippen molar-refractivity contribution >= 4 is 11.2 Å². The van der Waals surface area contributed by atoms with Crippen molar-refractivity contribution in [2.45, 2.75) is 44.5 Å². The lowest BCUT2D eigenvalue weighted by molar-refractivity contribution is -0.0682. The van der Waals surface area contributed by atoms with Gasteiger partial charge in [-0.05, 0) is 23.1 Å². The first-order valence-corrected chi connectivity index (χ1v) is 11.1. The summed E-state index contributed by atoms with van der Waals surface area (Å²) in [4.78, 5) is 12.9. The SMILES string of the molecule is CCc1ncnc2c1ncn2[C@@H]1O[C@H](COCc2ccc(-c3ccccc3)cc2)[C@@H](O)[C@H]1O. The molecule has 0 spiro atoms. The van der Waals surface area contributed by atoms with E-state index >= 15 is 0 Å². The Morgan fingerprint density at radius 3 is 2.45 bits per heavy atom. The Hall–Kier alpha value is -3.17. The molecule has 1 saturated heterocycles. The Kier molecular flexibility index (Phi) is 6.15. The average Bonchev–Trinajstić information content (AvgIpc) is 3.41. The van der Waals surface area contributed by atoms with Crippen LogP contribution in [0.15, 0.2) is 67.3 Å². The van der Waals surface area contributed by atoms with Crippen molar-refractivity contribution in [1.29, 1.82) is 0 Å². The summed E-state index contributed by atoms with van der Waals surface area (Å²) in [5, 5.41) is 21.2. The first-order chi connectivity index (χ1) is 16.2. The highest BCUT2D eigenvalue weighted by atomic mass is 16.6. The zero-order valence-electron chi connectivity index (χ0n) is 18.3. The molecule has 0 unspecified atom stereocenters. The lowest BCUT2D eigenvalue weighted by Gasteiger charge is -2.16. The summed E-state index contributed by atoms with van der Waals surface area (Å²) in [6, 6.07) is 18.3. The topological polar surface area (TPSA) is 103 Å². The molecule has 0 bridgehead atoms. The Labute approximate surface area is 191 Å². The van der Waals surface area contributed by atoms with E-state index in [1.807, 2.05) is 37.3 Å². The molecule has 33 heavy (non-hydrogen) atoms. The van der Waals surface area contributed by atoms with Crippen molar-refractivity contribution < 1.29 is 19.7 Å². The highest BCUT2D eigenvalue weighted by Crippen LogP contribution is 2.32. The molecule has 5 rings (SSSR count). The van der Waals surface area contributed by atoms with Gasteiger partial charge in [0, 0.05) is 0 Å². The Bertz CT molecular complexity index is 1210. The van der Waals surface area contributed by atoms with E-state index in [1.54, 1.807) is 10.9 Å². The van der Waals surface area contributed by atoms with Crippen LogP contribution in [0.5, 0.6) is 0 Å². The van der Waals surface area contributed by atoms with E-state index in [1.165, 1.54) is 6.33 Å². The zero-order chi connectivity index (χ0) is 22.8. The molecular formula is C25H26N4O4. The molecule has 1 aliphatic rings. The second kappa shape index (κ2) is 9.36. The van der Waals surface area contributed by atoms with E-state index in [9.17, 15) is 10.2 Å². The maximum absolute atomic E-state index is 10.6. The van der Waals surface area contributed by atoms with Crippen LogP contribution in [-0.2, 0) is 22.5 Å². The summed E-state index contributed by atoms with van der Waals surface area (Å²) in [6.07, 6.45) is 0.0795. The van der Waals surface area contributed by atoms with Crippen molar-refractivity contribution in [3.63, 3.8) is 0 Å².